The summed E-state index contributed by atoms with van der Waals surface area (Å²) in [6.07, 6.45) is 2.72. The lowest BCUT2D eigenvalue weighted by Gasteiger charge is -2.13. The van der Waals surface area contributed by atoms with Crippen LogP contribution in [0.1, 0.15) is 30.6 Å². The first-order chi connectivity index (χ1) is 8.22. The second kappa shape index (κ2) is 5.29. The average Bonchev–Trinajstić information content (AvgIpc) is 2.78. The van der Waals surface area contributed by atoms with Crippen LogP contribution in [0.15, 0.2) is 30.5 Å². The summed E-state index contributed by atoms with van der Waals surface area (Å²) in [7, 11) is 0. The number of hydrogen-bond donors (Lipinski definition) is 1. The lowest BCUT2D eigenvalue weighted by Crippen LogP contribution is -2.17. The van der Waals surface area contributed by atoms with Gasteiger partial charge >= 0.3 is 0 Å². The minimum atomic E-state index is -0.214. The van der Waals surface area contributed by atoms with Gasteiger partial charge in [-0.3, -0.25) is 0 Å². The minimum absolute atomic E-state index is 0.214. The fourth-order valence-electron chi connectivity index (χ4n) is 1.73. The highest BCUT2D eigenvalue weighted by Crippen LogP contribution is 2.20. The molecule has 0 bridgehead atoms. The van der Waals surface area contributed by atoms with Gasteiger partial charge in [0.2, 0.25) is 0 Å². The van der Waals surface area contributed by atoms with Gasteiger partial charge in [0.15, 0.2) is 0 Å². The Kier molecular flexibility index (Phi) is 3.76. The number of nitrogens with two attached hydrogens (primary N) is 1. The zero-order chi connectivity index (χ0) is 12.3. The van der Waals surface area contributed by atoms with Crippen LogP contribution in [-0.2, 0) is 6.54 Å². The summed E-state index contributed by atoms with van der Waals surface area (Å²) in [5.41, 5.74) is 8.13. The van der Waals surface area contributed by atoms with Gasteiger partial charge in [0.1, 0.15) is 0 Å². The summed E-state index contributed by atoms with van der Waals surface area (Å²) in [5, 5.41) is 8.65. The van der Waals surface area contributed by atoms with E-state index >= 15 is 0 Å². The molecule has 0 radical (unpaired) electrons. The molecule has 5 heteroatoms. The van der Waals surface area contributed by atoms with Gasteiger partial charge < -0.3 is 5.73 Å². The van der Waals surface area contributed by atoms with Crippen LogP contribution < -0.4 is 5.73 Å². The fourth-order valence-corrected chi connectivity index (χ4v) is 1.86. The molecule has 2 rings (SSSR count). The standard InChI is InChI=1S/C12H15ClN4/c1-2-7-17-11(8-15-16-17)12(14)9-3-5-10(13)6-4-9/h3-6,8,12H,2,7,14H2,1H3. The number of aryl methyl sites for hydroxylation is 1. The molecule has 1 atom stereocenters. The molecule has 1 aromatic carbocycles. The van der Waals surface area contributed by atoms with Crippen molar-refractivity contribution in [3.05, 3.63) is 46.7 Å². The lowest BCUT2D eigenvalue weighted by atomic mass is 10.1. The molecule has 1 aromatic heterocycles. The largest absolute Gasteiger partial charge is 0.319 e. The van der Waals surface area contributed by atoms with E-state index in [1.165, 1.54) is 0 Å². The van der Waals surface area contributed by atoms with E-state index in [4.69, 9.17) is 17.3 Å². The smallest absolute Gasteiger partial charge is 0.0799 e. The summed E-state index contributed by atoms with van der Waals surface area (Å²) in [5.74, 6) is 0. The predicted octanol–water partition coefficient (Wildman–Crippen LogP) is 2.39. The van der Waals surface area contributed by atoms with Gasteiger partial charge in [0, 0.05) is 11.6 Å². The van der Waals surface area contributed by atoms with Crippen LogP contribution in [0.25, 0.3) is 0 Å². The molecule has 0 saturated carbocycles. The van der Waals surface area contributed by atoms with Gasteiger partial charge in [-0.25, -0.2) is 4.68 Å². The molecule has 0 aliphatic carbocycles. The number of nitrogens with zero attached hydrogens (tertiary/aromatic N) is 3. The third kappa shape index (κ3) is 2.65. The Morgan fingerprint density at radius 3 is 2.71 bits per heavy atom. The van der Waals surface area contributed by atoms with Crippen molar-refractivity contribution in [1.29, 1.82) is 0 Å². The molecule has 0 saturated heterocycles. The first-order valence-electron chi connectivity index (χ1n) is 5.61. The van der Waals surface area contributed by atoms with Crippen LogP contribution in [-0.4, -0.2) is 15.0 Å². The van der Waals surface area contributed by atoms with Crippen molar-refractivity contribution in [2.24, 2.45) is 5.73 Å². The molecule has 1 unspecified atom stereocenters. The van der Waals surface area contributed by atoms with Gasteiger partial charge in [0.05, 0.1) is 17.9 Å². The van der Waals surface area contributed by atoms with Gasteiger partial charge in [-0.15, -0.1) is 5.10 Å². The molecule has 0 amide bonds. The first kappa shape index (κ1) is 12.1. The summed E-state index contributed by atoms with van der Waals surface area (Å²) < 4.78 is 1.85. The molecule has 2 aromatic rings. The van der Waals surface area contributed by atoms with Gasteiger partial charge in [-0.2, -0.15) is 0 Å². The van der Waals surface area contributed by atoms with Crippen LogP contribution in [0.4, 0.5) is 0 Å². The Morgan fingerprint density at radius 2 is 2.06 bits per heavy atom. The van der Waals surface area contributed by atoms with E-state index < -0.39 is 0 Å². The molecule has 0 fully saturated rings. The van der Waals surface area contributed by atoms with Gasteiger partial charge in [-0.05, 0) is 24.1 Å². The third-order valence-electron chi connectivity index (χ3n) is 2.63. The van der Waals surface area contributed by atoms with Crippen molar-refractivity contribution >= 4 is 11.6 Å². The number of halogens is 1. The quantitative estimate of drug-likeness (QED) is 0.907. The average molecular weight is 251 g/mol. The maximum absolute atomic E-state index is 6.20. The zero-order valence-corrected chi connectivity index (χ0v) is 10.4. The zero-order valence-electron chi connectivity index (χ0n) is 9.68. The van der Waals surface area contributed by atoms with E-state index in [9.17, 15) is 0 Å². The van der Waals surface area contributed by atoms with E-state index in [-0.39, 0.29) is 6.04 Å². The predicted molar refractivity (Wildman–Crippen MR) is 67.8 cm³/mol. The molecule has 0 aliphatic heterocycles. The summed E-state index contributed by atoms with van der Waals surface area (Å²) in [6.45, 7) is 2.93. The molecule has 0 spiro atoms. The Morgan fingerprint density at radius 1 is 1.35 bits per heavy atom. The van der Waals surface area contributed by atoms with E-state index in [1.54, 1.807) is 6.20 Å². The SMILES string of the molecule is CCCn1nncc1C(N)c1ccc(Cl)cc1. The lowest BCUT2D eigenvalue weighted by molar-refractivity contribution is 0.543. The second-order valence-electron chi connectivity index (χ2n) is 3.91. The van der Waals surface area contributed by atoms with Crippen molar-refractivity contribution in [3.63, 3.8) is 0 Å². The monoisotopic (exact) mass is 250 g/mol. The summed E-state index contributed by atoms with van der Waals surface area (Å²) in [6, 6.07) is 7.32. The number of aromatic nitrogens is 3. The van der Waals surface area contributed by atoms with Gasteiger partial charge in [0.25, 0.3) is 0 Å². The highest BCUT2D eigenvalue weighted by Gasteiger charge is 2.14. The van der Waals surface area contributed by atoms with Crippen LogP contribution in [0.2, 0.25) is 5.02 Å². The van der Waals surface area contributed by atoms with E-state index in [0.717, 1.165) is 24.2 Å². The molecule has 4 nitrogen and oxygen atoms in total. The first-order valence-corrected chi connectivity index (χ1v) is 5.99. The second-order valence-corrected chi connectivity index (χ2v) is 4.35. The van der Waals surface area contributed by atoms with E-state index in [2.05, 4.69) is 17.2 Å². The molecular weight excluding hydrogens is 236 g/mol. The molecule has 90 valence electrons. The molecule has 1 heterocycles. The van der Waals surface area contributed by atoms with Crippen LogP contribution in [0.5, 0.6) is 0 Å². The van der Waals surface area contributed by atoms with Crippen LogP contribution >= 0.6 is 11.6 Å². The molecule has 2 N–H and O–H groups in total. The van der Waals surface area contributed by atoms with Crippen LogP contribution in [0.3, 0.4) is 0 Å². The maximum atomic E-state index is 6.20. The highest BCUT2D eigenvalue weighted by atomic mass is 35.5. The Labute approximate surface area is 105 Å². The van der Waals surface area contributed by atoms with E-state index in [1.807, 2.05) is 28.9 Å². The van der Waals surface area contributed by atoms with Crippen molar-refractivity contribution in [2.45, 2.75) is 25.9 Å². The summed E-state index contributed by atoms with van der Waals surface area (Å²) in [4.78, 5) is 0. The number of benzene rings is 1. The van der Waals surface area contributed by atoms with Crippen molar-refractivity contribution in [2.75, 3.05) is 0 Å². The van der Waals surface area contributed by atoms with Crippen molar-refractivity contribution in [1.82, 2.24) is 15.0 Å². The van der Waals surface area contributed by atoms with E-state index in [0.29, 0.717) is 5.02 Å². The van der Waals surface area contributed by atoms with Crippen molar-refractivity contribution in [3.8, 4) is 0 Å². The topological polar surface area (TPSA) is 56.7 Å². The van der Waals surface area contributed by atoms with Gasteiger partial charge in [-0.1, -0.05) is 35.9 Å². The fraction of sp³-hybridized carbons (Fsp3) is 0.333. The Balaban J connectivity index is 2.26. The molecule has 17 heavy (non-hydrogen) atoms. The maximum Gasteiger partial charge on any atom is 0.0799 e. The Bertz CT molecular complexity index is 478. The highest BCUT2D eigenvalue weighted by molar-refractivity contribution is 6.30. The minimum Gasteiger partial charge on any atom is -0.319 e. The molecular formula is C12H15ClN4. The number of hydrogen-bond acceptors (Lipinski definition) is 3. The summed E-state index contributed by atoms with van der Waals surface area (Å²) >= 11 is 5.85. The van der Waals surface area contributed by atoms with Crippen molar-refractivity contribution < 1.29 is 0 Å². The third-order valence-corrected chi connectivity index (χ3v) is 2.88. The number of rotatable bonds is 4. The van der Waals surface area contributed by atoms with Crippen LogP contribution in [0, 0.1) is 0 Å². The Hall–Kier alpha value is -1.39. The molecule has 0 aliphatic rings. The normalized spacial score (nSPS) is 12.6.